The average molecular weight is 346 g/mol. The van der Waals surface area contributed by atoms with Gasteiger partial charge in [0.05, 0.1) is 16.9 Å². The Morgan fingerprint density at radius 2 is 2.21 bits per heavy atom. The molecule has 0 radical (unpaired) electrons. The van der Waals surface area contributed by atoms with Gasteiger partial charge in [-0.3, -0.25) is 15.4 Å². The smallest absolute Gasteiger partial charge is 0.178 e. The molecule has 2 fully saturated rings. The molecule has 2 atom stereocenters. The van der Waals surface area contributed by atoms with Crippen LogP contribution in [0.5, 0.6) is 0 Å². The van der Waals surface area contributed by atoms with E-state index in [0.717, 1.165) is 26.0 Å². The van der Waals surface area contributed by atoms with Crippen LogP contribution in [-0.4, -0.2) is 58.5 Å². The Labute approximate surface area is 144 Å². The fraction of sp³-hybridized carbons (Fsp3) is 0.500. The van der Waals surface area contributed by atoms with Crippen molar-refractivity contribution < 1.29 is 0 Å². The van der Waals surface area contributed by atoms with E-state index in [4.69, 9.17) is 22.4 Å². The highest BCUT2D eigenvalue weighted by Gasteiger charge is 2.38. The third-order valence-electron chi connectivity index (χ3n) is 5.22. The molecule has 2 aliphatic heterocycles. The number of aromatic nitrogens is 3. The lowest BCUT2D eigenvalue weighted by atomic mass is 9.93. The van der Waals surface area contributed by atoms with Crippen molar-refractivity contribution in [3.05, 3.63) is 22.8 Å². The van der Waals surface area contributed by atoms with Crippen molar-refractivity contribution in [2.24, 2.45) is 5.92 Å². The number of hydrogen-bond donors (Lipinski definition) is 2. The predicted octanol–water partition coefficient (Wildman–Crippen LogP) is 1.55. The molecular weight excluding hydrogens is 326 g/mol. The highest BCUT2D eigenvalue weighted by atomic mass is 35.5. The molecule has 2 saturated heterocycles. The number of nitrogens with zero attached hydrogens (tertiary/aromatic N) is 5. The van der Waals surface area contributed by atoms with E-state index in [9.17, 15) is 0 Å². The first-order valence-corrected chi connectivity index (χ1v) is 8.54. The van der Waals surface area contributed by atoms with Crippen LogP contribution in [0.1, 0.15) is 12.8 Å². The summed E-state index contributed by atoms with van der Waals surface area (Å²) in [4.78, 5) is 13.5. The van der Waals surface area contributed by atoms with E-state index >= 15 is 0 Å². The first-order chi connectivity index (χ1) is 11.6. The van der Waals surface area contributed by atoms with E-state index in [1.54, 1.807) is 12.3 Å². The van der Waals surface area contributed by atoms with Gasteiger partial charge < -0.3 is 9.80 Å². The van der Waals surface area contributed by atoms with Crippen molar-refractivity contribution in [1.29, 1.82) is 10.8 Å². The van der Waals surface area contributed by atoms with Gasteiger partial charge in [0.2, 0.25) is 0 Å². The van der Waals surface area contributed by atoms with Gasteiger partial charge in [-0.1, -0.05) is 11.6 Å². The van der Waals surface area contributed by atoms with Gasteiger partial charge in [0.15, 0.2) is 17.0 Å². The molecule has 0 amide bonds. The van der Waals surface area contributed by atoms with Crippen LogP contribution in [0.4, 0.5) is 5.82 Å². The highest BCUT2D eigenvalue weighted by molar-refractivity contribution is 6.31. The second-order valence-electron chi connectivity index (χ2n) is 6.63. The maximum absolute atomic E-state index is 8.50. The third kappa shape index (κ3) is 2.39. The summed E-state index contributed by atoms with van der Waals surface area (Å²) in [6, 6.07) is 2.21. The lowest BCUT2D eigenvalue weighted by Crippen LogP contribution is -2.42. The summed E-state index contributed by atoms with van der Waals surface area (Å²) < 4.78 is 1.49. The van der Waals surface area contributed by atoms with E-state index in [2.05, 4.69) is 26.8 Å². The Kier molecular flexibility index (Phi) is 3.77. The van der Waals surface area contributed by atoms with E-state index in [1.807, 2.05) is 0 Å². The summed E-state index contributed by atoms with van der Waals surface area (Å²) in [6.07, 6.45) is 5.13. The minimum Gasteiger partial charge on any atom is -0.352 e. The summed E-state index contributed by atoms with van der Waals surface area (Å²) in [7, 11) is 2.18. The fourth-order valence-corrected chi connectivity index (χ4v) is 4.15. The maximum Gasteiger partial charge on any atom is 0.178 e. The SMILES string of the molecule is CN1CCCC2CN(c3nc4ncc(Cl)cc4n(C=N)c3=N)CC21. The Balaban J connectivity index is 1.80. The van der Waals surface area contributed by atoms with Gasteiger partial charge in [-0.15, -0.1) is 0 Å². The molecule has 0 aliphatic carbocycles. The van der Waals surface area contributed by atoms with Crippen molar-refractivity contribution in [2.45, 2.75) is 18.9 Å². The molecule has 7 nitrogen and oxygen atoms in total. The lowest BCUT2D eigenvalue weighted by molar-refractivity contribution is 0.158. The molecule has 24 heavy (non-hydrogen) atoms. The molecule has 2 aromatic rings. The van der Waals surface area contributed by atoms with Gasteiger partial charge in [0, 0.05) is 25.3 Å². The lowest BCUT2D eigenvalue weighted by Gasteiger charge is -2.33. The predicted molar refractivity (Wildman–Crippen MR) is 93.9 cm³/mol. The van der Waals surface area contributed by atoms with Crippen LogP contribution in [0.3, 0.4) is 0 Å². The summed E-state index contributed by atoms with van der Waals surface area (Å²) in [5.41, 5.74) is 1.31. The van der Waals surface area contributed by atoms with Gasteiger partial charge in [-0.25, -0.2) is 9.97 Å². The number of hydrogen-bond acceptors (Lipinski definition) is 6. The maximum atomic E-state index is 8.50. The number of piperidine rings is 1. The van der Waals surface area contributed by atoms with Crippen molar-refractivity contribution in [3.63, 3.8) is 0 Å². The number of likely N-dealkylation sites (tertiary alicyclic amines) is 1. The van der Waals surface area contributed by atoms with Gasteiger partial charge in [0.1, 0.15) is 0 Å². The molecule has 126 valence electrons. The number of rotatable bonds is 2. The average Bonchev–Trinajstić information content (AvgIpc) is 3.00. The molecule has 2 N–H and O–H groups in total. The van der Waals surface area contributed by atoms with Crippen LogP contribution >= 0.6 is 11.6 Å². The number of fused-ring (bicyclic) bond motifs is 2. The molecule has 8 heteroatoms. The highest BCUT2D eigenvalue weighted by Crippen LogP contribution is 2.31. The molecule has 2 aliphatic rings. The van der Waals surface area contributed by atoms with Crippen LogP contribution in [0.15, 0.2) is 12.3 Å². The van der Waals surface area contributed by atoms with E-state index in [0.29, 0.717) is 34.0 Å². The molecule has 0 aromatic carbocycles. The van der Waals surface area contributed by atoms with Crippen molar-refractivity contribution in [2.75, 3.05) is 31.6 Å². The van der Waals surface area contributed by atoms with E-state index < -0.39 is 0 Å². The van der Waals surface area contributed by atoms with Crippen molar-refractivity contribution in [1.82, 2.24) is 19.4 Å². The Morgan fingerprint density at radius 1 is 1.38 bits per heavy atom. The van der Waals surface area contributed by atoms with Gasteiger partial charge in [-0.2, -0.15) is 0 Å². The Morgan fingerprint density at radius 3 is 2.96 bits per heavy atom. The normalized spacial score (nSPS) is 24.3. The van der Waals surface area contributed by atoms with Gasteiger partial charge in [0.25, 0.3) is 0 Å². The molecular formula is C16H20ClN7. The molecule has 2 unspecified atom stereocenters. The van der Waals surface area contributed by atoms with Crippen LogP contribution in [0, 0.1) is 16.7 Å². The second-order valence-corrected chi connectivity index (χ2v) is 7.07. The second kappa shape index (κ2) is 5.82. The molecule has 2 aromatic heterocycles. The topological polar surface area (TPSA) is 84.9 Å². The molecule has 0 spiro atoms. The summed E-state index contributed by atoms with van der Waals surface area (Å²) in [5, 5.41) is 16.7. The Hall–Kier alpha value is -1.99. The van der Waals surface area contributed by atoms with Crippen LogP contribution in [-0.2, 0) is 0 Å². The van der Waals surface area contributed by atoms with Crippen LogP contribution < -0.4 is 10.4 Å². The van der Waals surface area contributed by atoms with Gasteiger partial charge >= 0.3 is 0 Å². The fourth-order valence-electron chi connectivity index (χ4n) is 4.00. The van der Waals surface area contributed by atoms with E-state index in [1.165, 1.54) is 17.4 Å². The first kappa shape index (κ1) is 15.5. The summed E-state index contributed by atoms with van der Waals surface area (Å²) in [5.74, 6) is 1.22. The van der Waals surface area contributed by atoms with Gasteiger partial charge in [-0.05, 0) is 38.4 Å². The summed E-state index contributed by atoms with van der Waals surface area (Å²) in [6.45, 7) is 2.91. The quantitative estimate of drug-likeness (QED) is 0.639. The zero-order valence-corrected chi connectivity index (χ0v) is 14.3. The number of anilines is 1. The number of nitrogens with one attached hydrogen (secondary N) is 2. The van der Waals surface area contributed by atoms with Crippen molar-refractivity contribution in [3.8, 4) is 0 Å². The molecule has 0 bridgehead atoms. The molecule has 4 heterocycles. The largest absolute Gasteiger partial charge is 0.352 e. The Bertz CT molecular complexity index is 861. The number of pyridine rings is 1. The zero-order chi connectivity index (χ0) is 16.8. The minimum absolute atomic E-state index is 0.211. The number of likely N-dealkylation sites (N-methyl/N-ethyl adjacent to an activating group) is 1. The molecule has 0 saturated carbocycles. The zero-order valence-electron chi connectivity index (χ0n) is 13.5. The number of halogens is 1. The first-order valence-electron chi connectivity index (χ1n) is 8.16. The van der Waals surface area contributed by atoms with Crippen LogP contribution in [0.2, 0.25) is 5.02 Å². The monoisotopic (exact) mass is 345 g/mol. The van der Waals surface area contributed by atoms with Crippen LogP contribution in [0.25, 0.3) is 11.2 Å². The minimum atomic E-state index is 0.211. The van der Waals surface area contributed by atoms with E-state index in [-0.39, 0.29) is 5.49 Å². The summed E-state index contributed by atoms with van der Waals surface area (Å²) >= 11 is 6.01. The third-order valence-corrected chi connectivity index (χ3v) is 5.43. The molecule has 4 rings (SSSR count). The van der Waals surface area contributed by atoms with Crippen molar-refractivity contribution >= 4 is 34.9 Å². The standard InChI is InChI=1S/C16H20ClN7/c1-22-4-2-3-10-7-23(8-13(10)22)16-14(19)24(9-18)12-5-11(17)6-20-15(12)21-16/h5-6,9-10,13,18-19H,2-4,7-8H2,1H3.